The summed E-state index contributed by atoms with van der Waals surface area (Å²) >= 11 is 0. The number of fused-ring (bicyclic) bond motifs is 2. The Kier molecular flexibility index (Phi) is 7.06. The number of aliphatic hydroxyl groups is 1. The highest BCUT2D eigenvalue weighted by atomic mass is 16.6. The zero-order valence-corrected chi connectivity index (χ0v) is 18.0. The van der Waals surface area contributed by atoms with Gasteiger partial charge in [-0.25, -0.2) is 0 Å². The predicted molar refractivity (Wildman–Crippen MR) is 120 cm³/mol. The Labute approximate surface area is 192 Å². The monoisotopic (exact) mass is 470 g/mol. The van der Waals surface area contributed by atoms with Gasteiger partial charge in [0.1, 0.15) is 6.04 Å². The van der Waals surface area contributed by atoms with E-state index in [9.17, 15) is 34.4 Å². The van der Waals surface area contributed by atoms with E-state index >= 15 is 0 Å². The van der Waals surface area contributed by atoms with Gasteiger partial charge in [-0.2, -0.15) is 0 Å². The average Bonchev–Trinajstić information content (AvgIpc) is 2.78. The van der Waals surface area contributed by atoms with Crippen LogP contribution in [-0.2, 0) is 16.1 Å². The number of carbonyl (C=O) groups is 4. The number of primary amides is 1. The van der Waals surface area contributed by atoms with E-state index in [-0.39, 0.29) is 34.7 Å². The van der Waals surface area contributed by atoms with Crippen molar-refractivity contribution in [3.63, 3.8) is 0 Å². The van der Waals surface area contributed by atoms with Gasteiger partial charge >= 0.3 is 0 Å². The first-order chi connectivity index (χ1) is 16.1. The first-order valence-electron chi connectivity index (χ1n) is 10.1. The minimum Gasteiger partial charge on any atom is -0.391 e. The van der Waals surface area contributed by atoms with Gasteiger partial charge in [-0.1, -0.05) is 6.07 Å². The number of nitrogens with zero attached hydrogens (tertiary/aromatic N) is 1. The van der Waals surface area contributed by atoms with Gasteiger partial charge in [0.05, 0.1) is 23.1 Å². The third kappa shape index (κ3) is 5.45. The summed E-state index contributed by atoms with van der Waals surface area (Å²) in [6.07, 6.45) is -1.34. The van der Waals surface area contributed by atoms with Gasteiger partial charge in [-0.15, -0.1) is 0 Å². The van der Waals surface area contributed by atoms with Gasteiger partial charge in [0.2, 0.25) is 17.7 Å². The summed E-state index contributed by atoms with van der Waals surface area (Å²) < 4.78 is 0. The predicted octanol–water partition coefficient (Wildman–Crippen LogP) is -0.147. The number of aliphatic hydroxyl groups excluding tert-OH is 1. The molecule has 0 aliphatic carbocycles. The Morgan fingerprint density at radius 1 is 1.12 bits per heavy atom. The van der Waals surface area contributed by atoms with E-state index in [4.69, 9.17) is 5.73 Å². The Morgan fingerprint density at radius 3 is 2.50 bits per heavy atom. The molecule has 13 heteroatoms. The maximum Gasteiger partial charge on any atom is 0.270 e. The number of nitro benzene ring substituents is 1. The van der Waals surface area contributed by atoms with Crippen LogP contribution in [0.3, 0.4) is 0 Å². The molecular formula is C21H22N6O7. The first-order valence-corrected chi connectivity index (χ1v) is 10.1. The van der Waals surface area contributed by atoms with Gasteiger partial charge in [0.25, 0.3) is 11.6 Å². The molecule has 7 N–H and O–H groups in total. The van der Waals surface area contributed by atoms with Gasteiger partial charge in [-0.3, -0.25) is 29.3 Å². The van der Waals surface area contributed by atoms with Crippen molar-refractivity contribution in [3.05, 3.63) is 63.2 Å². The third-order valence-electron chi connectivity index (χ3n) is 5.07. The number of nitro groups is 1. The SMILES string of the molecule is C[C@@H](O)[C@@H]1NC(=O)c2cc([N+](=O)[O-])ccc2NCc2ccc(C(N)=O)cc2NC(=O)CNC1=O. The van der Waals surface area contributed by atoms with E-state index in [0.717, 1.165) is 6.07 Å². The summed E-state index contributed by atoms with van der Waals surface area (Å²) in [6, 6.07) is 6.49. The van der Waals surface area contributed by atoms with Crippen molar-refractivity contribution < 1.29 is 29.2 Å². The van der Waals surface area contributed by atoms with Crippen molar-refractivity contribution in [2.45, 2.75) is 25.6 Å². The van der Waals surface area contributed by atoms with Crippen LogP contribution in [0.5, 0.6) is 0 Å². The molecule has 0 saturated carbocycles. The van der Waals surface area contributed by atoms with E-state index in [1.807, 2.05) is 0 Å². The largest absolute Gasteiger partial charge is 0.391 e. The fourth-order valence-corrected chi connectivity index (χ4v) is 3.27. The zero-order chi connectivity index (χ0) is 25.0. The number of hydrogen-bond acceptors (Lipinski definition) is 8. The van der Waals surface area contributed by atoms with Gasteiger partial charge in [0, 0.05) is 35.6 Å². The van der Waals surface area contributed by atoms with Crippen LogP contribution in [0.15, 0.2) is 36.4 Å². The summed E-state index contributed by atoms with van der Waals surface area (Å²) in [5.41, 5.74) is 5.91. The number of carbonyl (C=O) groups excluding carboxylic acids is 4. The fraction of sp³-hybridized carbons (Fsp3) is 0.238. The van der Waals surface area contributed by atoms with Crippen molar-refractivity contribution in [2.24, 2.45) is 5.73 Å². The molecule has 2 atom stereocenters. The van der Waals surface area contributed by atoms with Crippen LogP contribution in [0.2, 0.25) is 0 Å². The van der Waals surface area contributed by atoms with Crippen molar-refractivity contribution >= 4 is 40.7 Å². The molecule has 2 aromatic carbocycles. The van der Waals surface area contributed by atoms with E-state index in [2.05, 4.69) is 21.3 Å². The second kappa shape index (κ2) is 9.95. The van der Waals surface area contributed by atoms with Gasteiger partial charge in [-0.05, 0) is 30.7 Å². The average molecular weight is 470 g/mol. The molecule has 1 aliphatic rings. The van der Waals surface area contributed by atoms with E-state index < -0.39 is 47.2 Å². The molecule has 0 aromatic heterocycles. The summed E-state index contributed by atoms with van der Waals surface area (Å²) in [5, 5.41) is 31.5. The molecule has 0 unspecified atom stereocenters. The highest BCUT2D eigenvalue weighted by Gasteiger charge is 2.28. The highest BCUT2D eigenvalue weighted by Crippen LogP contribution is 2.25. The summed E-state index contributed by atoms with van der Waals surface area (Å²) in [4.78, 5) is 60.0. The fourth-order valence-electron chi connectivity index (χ4n) is 3.27. The number of hydrogen-bond donors (Lipinski definition) is 6. The van der Waals surface area contributed by atoms with E-state index in [1.54, 1.807) is 6.07 Å². The van der Waals surface area contributed by atoms with Crippen LogP contribution < -0.4 is 27.0 Å². The number of amides is 4. The molecule has 1 aliphatic heterocycles. The maximum absolute atomic E-state index is 12.9. The number of anilines is 2. The normalized spacial score (nSPS) is 17.5. The summed E-state index contributed by atoms with van der Waals surface area (Å²) in [7, 11) is 0. The van der Waals surface area contributed by atoms with Crippen LogP contribution in [0.1, 0.15) is 33.2 Å². The van der Waals surface area contributed by atoms with Crippen molar-refractivity contribution in [3.8, 4) is 0 Å². The van der Waals surface area contributed by atoms with E-state index in [1.165, 1.54) is 31.2 Å². The molecule has 0 bridgehead atoms. The molecule has 0 fully saturated rings. The van der Waals surface area contributed by atoms with Crippen LogP contribution in [-0.4, -0.2) is 52.3 Å². The highest BCUT2D eigenvalue weighted by molar-refractivity contribution is 6.03. The van der Waals surface area contributed by atoms with Gasteiger partial charge in [0.15, 0.2) is 0 Å². The third-order valence-corrected chi connectivity index (χ3v) is 5.07. The number of nitrogens with two attached hydrogens (primary N) is 1. The lowest BCUT2D eigenvalue weighted by Gasteiger charge is -2.22. The zero-order valence-electron chi connectivity index (χ0n) is 18.0. The molecular weight excluding hydrogens is 448 g/mol. The summed E-state index contributed by atoms with van der Waals surface area (Å²) in [5.74, 6) is -3.04. The molecule has 2 aromatic rings. The lowest BCUT2D eigenvalue weighted by atomic mass is 10.1. The van der Waals surface area contributed by atoms with Gasteiger partial charge < -0.3 is 32.1 Å². The number of rotatable bonds is 3. The first kappa shape index (κ1) is 24.1. The molecule has 3 rings (SSSR count). The minimum absolute atomic E-state index is 0.0545. The lowest BCUT2D eigenvalue weighted by molar-refractivity contribution is -0.384. The molecule has 4 amide bonds. The van der Waals surface area contributed by atoms with Crippen LogP contribution >= 0.6 is 0 Å². The molecule has 0 saturated heterocycles. The molecule has 0 spiro atoms. The Hall–Kier alpha value is -4.52. The second-order valence-electron chi connectivity index (χ2n) is 7.53. The molecule has 178 valence electrons. The van der Waals surface area contributed by atoms with Crippen molar-refractivity contribution in [1.29, 1.82) is 0 Å². The topological polar surface area (TPSA) is 206 Å². The maximum atomic E-state index is 12.9. The minimum atomic E-state index is -1.44. The molecule has 34 heavy (non-hydrogen) atoms. The van der Waals surface area contributed by atoms with Crippen LogP contribution in [0, 0.1) is 10.1 Å². The van der Waals surface area contributed by atoms with Crippen molar-refractivity contribution in [2.75, 3.05) is 17.2 Å². The molecule has 1 heterocycles. The van der Waals surface area contributed by atoms with Crippen molar-refractivity contribution in [1.82, 2.24) is 10.6 Å². The number of non-ortho nitro benzene ring substituents is 1. The lowest BCUT2D eigenvalue weighted by Crippen LogP contribution is -2.53. The smallest absolute Gasteiger partial charge is 0.270 e. The second-order valence-corrected chi connectivity index (χ2v) is 7.53. The number of benzene rings is 2. The Morgan fingerprint density at radius 2 is 1.85 bits per heavy atom. The standard InChI is InChI=1S/C21H22N6O7/c1-10(28)18-21(32)24-9-17(29)25-16-6-11(19(22)30)2-3-12(16)8-23-15-5-4-13(27(33)34)7-14(15)20(31)26-18/h2-7,10,18,23,28H,8-9H2,1H3,(H2,22,30)(H,24,32)(H,25,29)(H,26,31)/t10-,18+/m1/s1. The molecule has 0 radical (unpaired) electrons. The summed E-state index contributed by atoms with van der Waals surface area (Å²) in [6.45, 7) is 0.828. The van der Waals surface area contributed by atoms with Crippen LogP contribution in [0.25, 0.3) is 0 Å². The number of nitrogens with one attached hydrogen (secondary N) is 4. The Balaban J connectivity index is 2.08. The quantitative estimate of drug-likeness (QED) is 0.262. The van der Waals surface area contributed by atoms with E-state index in [0.29, 0.717) is 5.56 Å². The Bertz CT molecular complexity index is 1180. The molecule has 13 nitrogen and oxygen atoms in total. The van der Waals surface area contributed by atoms with Crippen LogP contribution in [0.4, 0.5) is 17.1 Å².